The van der Waals surface area contributed by atoms with Crippen molar-refractivity contribution in [3.05, 3.63) is 41.2 Å². The van der Waals surface area contributed by atoms with Gasteiger partial charge in [-0.2, -0.15) is 4.39 Å². The Balaban J connectivity index is 1.55. The van der Waals surface area contributed by atoms with Gasteiger partial charge in [0.1, 0.15) is 12.1 Å². The molecule has 9 nitrogen and oxygen atoms in total. The van der Waals surface area contributed by atoms with Gasteiger partial charge >= 0.3 is 0 Å². The Morgan fingerprint density at radius 3 is 2.65 bits per heavy atom. The van der Waals surface area contributed by atoms with Crippen LogP contribution in [0.5, 0.6) is 0 Å². The number of nitrogens with one attached hydrogen (secondary N) is 1. The van der Waals surface area contributed by atoms with Gasteiger partial charge < -0.3 is 15.3 Å². The first kappa shape index (κ1) is 24.3. The van der Waals surface area contributed by atoms with E-state index in [2.05, 4.69) is 20.6 Å². The van der Waals surface area contributed by atoms with Crippen molar-refractivity contribution in [2.75, 3.05) is 6.54 Å². The van der Waals surface area contributed by atoms with Crippen LogP contribution in [0.1, 0.15) is 81.8 Å². The van der Waals surface area contributed by atoms with E-state index in [-0.39, 0.29) is 24.4 Å². The molecule has 2 fully saturated rings. The highest BCUT2D eigenvalue weighted by atomic mass is 19.1. The van der Waals surface area contributed by atoms with Gasteiger partial charge in [-0.1, -0.05) is 26.0 Å². The van der Waals surface area contributed by atoms with Crippen molar-refractivity contribution >= 4 is 11.8 Å². The summed E-state index contributed by atoms with van der Waals surface area (Å²) in [5.41, 5.74) is 1.41. The second kappa shape index (κ2) is 9.05. The molecule has 2 aromatic heterocycles. The van der Waals surface area contributed by atoms with E-state index in [1.165, 1.54) is 11.1 Å². The summed E-state index contributed by atoms with van der Waals surface area (Å²) in [6.45, 7) is 9.31. The molecule has 0 spiro atoms. The number of likely N-dealkylation sites (tertiary alicyclic amines) is 1. The largest absolute Gasteiger partial charge is 0.391 e. The quantitative estimate of drug-likeness (QED) is 0.625. The van der Waals surface area contributed by atoms with Gasteiger partial charge in [0, 0.05) is 36.8 Å². The lowest BCUT2D eigenvalue weighted by atomic mass is 9.85. The highest BCUT2D eigenvalue weighted by Gasteiger charge is 2.45. The third-order valence-corrected chi connectivity index (χ3v) is 6.54. The standard InChI is InChI=1S/C24H33FN6O3/c1-13-8-17(21(25)26-10-13)14(2)27-22(33)19-9-16(32)11-30(19)23(34)20(24(3,4)5)31-12-18(28-29-31)15-6-7-15/h8,10,12,14-16,19-20,32H,6-7,9,11H2,1-5H3,(H,27,33)/t14?,16?,19?,20-/m1/s1. The number of amides is 2. The van der Waals surface area contributed by atoms with Crippen LogP contribution in [0.4, 0.5) is 4.39 Å². The van der Waals surface area contributed by atoms with Crippen LogP contribution in [-0.2, 0) is 9.59 Å². The molecule has 2 aliphatic rings. The zero-order valence-corrected chi connectivity index (χ0v) is 20.3. The predicted molar refractivity (Wildman–Crippen MR) is 122 cm³/mol. The van der Waals surface area contributed by atoms with Crippen LogP contribution in [0.25, 0.3) is 0 Å². The number of aromatic nitrogens is 4. The Labute approximate surface area is 198 Å². The van der Waals surface area contributed by atoms with Crippen LogP contribution in [0.15, 0.2) is 18.5 Å². The van der Waals surface area contributed by atoms with Gasteiger partial charge in [-0.05, 0) is 43.7 Å². The number of rotatable bonds is 6. The molecule has 1 saturated heterocycles. The molecule has 4 rings (SSSR count). The van der Waals surface area contributed by atoms with Crippen LogP contribution >= 0.6 is 0 Å². The number of carbonyl (C=O) groups is 2. The lowest BCUT2D eigenvalue weighted by Gasteiger charge is -2.34. The first-order chi connectivity index (χ1) is 16.0. The number of aliphatic hydroxyl groups is 1. The number of β-amino-alcohol motifs (C(OH)–C–C–N with tert-alkyl or cyclic N) is 1. The van der Waals surface area contributed by atoms with Gasteiger partial charge in [-0.15, -0.1) is 5.10 Å². The third-order valence-electron chi connectivity index (χ3n) is 6.54. The van der Waals surface area contributed by atoms with Gasteiger partial charge in [-0.25, -0.2) is 9.67 Å². The number of halogens is 1. The third kappa shape index (κ3) is 4.96. The summed E-state index contributed by atoms with van der Waals surface area (Å²) in [5.74, 6) is -0.992. The minimum atomic E-state index is -0.873. The Bertz CT molecular complexity index is 1080. The molecule has 3 heterocycles. The number of pyridine rings is 1. The van der Waals surface area contributed by atoms with Crippen LogP contribution < -0.4 is 5.32 Å². The molecule has 2 N–H and O–H groups in total. The summed E-state index contributed by atoms with van der Waals surface area (Å²) >= 11 is 0. The maximum Gasteiger partial charge on any atom is 0.248 e. The minimum Gasteiger partial charge on any atom is -0.391 e. The minimum absolute atomic E-state index is 0.0441. The molecule has 0 aromatic carbocycles. The molecule has 10 heteroatoms. The van der Waals surface area contributed by atoms with Gasteiger partial charge in [0.05, 0.1) is 17.8 Å². The Morgan fingerprint density at radius 1 is 1.29 bits per heavy atom. The Kier molecular flexibility index (Phi) is 6.46. The van der Waals surface area contributed by atoms with Crippen molar-refractivity contribution in [3.8, 4) is 0 Å². The molecule has 0 bridgehead atoms. The van der Waals surface area contributed by atoms with Crippen LogP contribution in [-0.4, -0.2) is 60.5 Å². The van der Waals surface area contributed by atoms with Crippen molar-refractivity contribution in [2.45, 2.75) is 84.0 Å². The maximum atomic E-state index is 14.2. The normalized spacial score (nSPS) is 22.5. The lowest BCUT2D eigenvalue weighted by molar-refractivity contribution is -0.144. The average Bonchev–Trinajstić information content (AvgIpc) is 3.36. The number of hydrogen-bond donors (Lipinski definition) is 2. The number of aryl methyl sites for hydroxylation is 1. The number of hydrogen-bond acceptors (Lipinski definition) is 6. The number of nitrogens with zero attached hydrogens (tertiary/aromatic N) is 5. The van der Waals surface area contributed by atoms with Crippen molar-refractivity contribution in [1.82, 2.24) is 30.2 Å². The van der Waals surface area contributed by atoms with E-state index in [9.17, 15) is 19.1 Å². The highest BCUT2D eigenvalue weighted by molar-refractivity contribution is 5.90. The summed E-state index contributed by atoms with van der Waals surface area (Å²) in [6, 6.07) is -0.576. The molecule has 4 atom stereocenters. The molecule has 2 amide bonds. The van der Waals surface area contributed by atoms with E-state index in [1.807, 2.05) is 27.0 Å². The van der Waals surface area contributed by atoms with Crippen molar-refractivity contribution in [1.29, 1.82) is 0 Å². The topological polar surface area (TPSA) is 113 Å². The van der Waals surface area contributed by atoms with E-state index in [1.54, 1.807) is 24.6 Å². The van der Waals surface area contributed by atoms with Gasteiger partial charge in [-0.3, -0.25) is 9.59 Å². The predicted octanol–water partition coefficient (Wildman–Crippen LogP) is 2.42. The van der Waals surface area contributed by atoms with Crippen LogP contribution in [0, 0.1) is 18.3 Å². The summed E-state index contributed by atoms with van der Waals surface area (Å²) in [4.78, 5) is 32.1. The highest BCUT2D eigenvalue weighted by Crippen LogP contribution is 2.40. The monoisotopic (exact) mass is 472 g/mol. The fourth-order valence-electron chi connectivity index (χ4n) is 4.59. The maximum absolute atomic E-state index is 14.2. The molecule has 1 saturated carbocycles. The fraction of sp³-hybridized carbons (Fsp3) is 0.625. The van der Waals surface area contributed by atoms with Crippen LogP contribution in [0.2, 0.25) is 0 Å². The van der Waals surface area contributed by atoms with Gasteiger partial charge in [0.15, 0.2) is 0 Å². The molecule has 184 valence electrons. The SMILES string of the molecule is Cc1cnc(F)c(C(C)NC(=O)C2CC(O)CN2C(=O)[C@@H](n2cc(C3CC3)nn2)C(C)(C)C)c1. The zero-order valence-electron chi connectivity index (χ0n) is 20.3. The lowest BCUT2D eigenvalue weighted by Crippen LogP contribution is -2.50. The summed E-state index contributed by atoms with van der Waals surface area (Å²) < 4.78 is 15.8. The Morgan fingerprint density at radius 2 is 2.00 bits per heavy atom. The first-order valence-corrected chi connectivity index (χ1v) is 11.8. The summed E-state index contributed by atoms with van der Waals surface area (Å²) in [6.07, 6.45) is 4.67. The molecule has 34 heavy (non-hydrogen) atoms. The fourth-order valence-corrected chi connectivity index (χ4v) is 4.59. The van der Waals surface area contributed by atoms with Crippen molar-refractivity contribution < 1.29 is 19.1 Å². The van der Waals surface area contributed by atoms with E-state index < -0.39 is 41.5 Å². The molecule has 0 radical (unpaired) electrons. The van der Waals surface area contributed by atoms with E-state index in [4.69, 9.17) is 0 Å². The second-order valence-corrected chi connectivity index (χ2v) is 10.7. The molecular formula is C24H33FN6O3. The van der Waals surface area contributed by atoms with E-state index in [0.717, 1.165) is 24.1 Å². The van der Waals surface area contributed by atoms with E-state index in [0.29, 0.717) is 5.92 Å². The first-order valence-electron chi connectivity index (χ1n) is 11.8. The molecule has 3 unspecified atom stereocenters. The van der Waals surface area contributed by atoms with Crippen molar-refractivity contribution in [2.24, 2.45) is 5.41 Å². The number of aliphatic hydroxyl groups excluding tert-OH is 1. The number of carbonyl (C=O) groups excluding carboxylic acids is 2. The van der Waals surface area contributed by atoms with Gasteiger partial charge in [0.25, 0.3) is 0 Å². The summed E-state index contributed by atoms with van der Waals surface area (Å²) in [5, 5.41) is 21.6. The molecule has 1 aliphatic heterocycles. The molecular weight excluding hydrogens is 439 g/mol. The summed E-state index contributed by atoms with van der Waals surface area (Å²) in [7, 11) is 0. The average molecular weight is 473 g/mol. The van der Waals surface area contributed by atoms with Crippen LogP contribution in [0.3, 0.4) is 0 Å². The zero-order chi connectivity index (χ0) is 24.8. The van der Waals surface area contributed by atoms with Crippen molar-refractivity contribution in [3.63, 3.8) is 0 Å². The molecule has 1 aliphatic carbocycles. The smallest absolute Gasteiger partial charge is 0.248 e. The van der Waals surface area contributed by atoms with Gasteiger partial charge in [0.2, 0.25) is 17.8 Å². The second-order valence-electron chi connectivity index (χ2n) is 10.7. The molecule has 2 aromatic rings. The Hall–Kier alpha value is -2.88. The van der Waals surface area contributed by atoms with E-state index >= 15 is 0 Å².